The van der Waals surface area contributed by atoms with Crippen molar-refractivity contribution in [1.29, 1.82) is 0 Å². The first-order valence-corrected chi connectivity index (χ1v) is 10.9. The first-order chi connectivity index (χ1) is 15.1. The summed E-state index contributed by atoms with van der Waals surface area (Å²) < 4.78 is 13.8. The molecule has 2 heterocycles. The molecule has 0 spiro atoms. The Morgan fingerprint density at radius 3 is 2.77 bits per heavy atom. The summed E-state index contributed by atoms with van der Waals surface area (Å²) in [6.07, 6.45) is 2.65. The lowest BCUT2D eigenvalue weighted by Gasteiger charge is -2.07. The van der Waals surface area contributed by atoms with Gasteiger partial charge in [-0.3, -0.25) is 9.59 Å². The van der Waals surface area contributed by atoms with E-state index in [1.54, 1.807) is 18.2 Å². The maximum absolute atomic E-state index is 13.8. The number of amides is 1. The predicted octanol–water partition coefficient (Wildman–Crippen LogP) is 3.58. The van der Waals surface area contributed by atoms with Crippen molar-refractivity contribution in [2.24, 2.45) is 0 Å². The minimum atomic E-state index is -0.340. The van der Waals surface area contributed by atoms with Gasteiger partial charge in [0, 0.05) is 35.5 Å². The molecule has 0 aliphatic heterocycles. The SMILES string of the molecule is O=C(Cc1cc(=O)[nH]c(SCc2ccccc2F)n1)NCCc1c[nH]c2ccccc12. The van der Waals surface area contributed by atoms with Gasteiger partial charge in [-0.1, -0.05) is 48.2 Å². The highest BCUT2D eigenvalue weighted by atomic mass is 32.2. The molecular formula is C23H21FN4O2S. The molecule has 0 saturated carbocycles. The second-order valence-corrected chi connectivity index (χ2v) is 8.02. The fourth-order valence-electron chi connectivity index (χ4n) is 3.31. The van der Waals surface area contributed by atoms with Gasteiger partial charge in [0.05, 0.1) is 12.1 Å². The molecule has 0 unspecified atom stereocenters. The summed E-state index contributed by atoms with van der Waals surface area (Å²) in [4.78, 5) is 34.5. The smallest absolute Gasteiger partial charge is 0.251 e. The van der Waals surface area contributed by atoms with Crippen LogP contribution in [0.1, 0.15) is 16.8 Å². The Kier molecular flexibility index (Phi) is 6.47. The average Bonchev–Trinajstić information content (AvgIpc) is 3.16. The van der Waals surface area contributed by atoms with Crippen LogP contribution in [0, 0.1) is 5.82 Å². The van der Waals surface area contributed by atoms with E-state index in [9.17, 15) is 14.0 Å². The first-order valence-electron chi connectivity index (χ1n) is 9.86. The van der Waals surface area contributed by atoms with Gasteiger partial charge < -0.3 is 15.3 Å². The van der Waals surface area contributed by atoms with Crippen LogP contribution in [-0.4, -0.2) is 27.4 Å². The highest BCUT2D eigenvalue weighted by Gasteiger charge is 2.10. The summed E-state index contributed by atoms with van der Waals surface area (Å²) >= 11 is 1.22. The van der Waals surface area contributed by atoms with Crippen LogP contribution < -0.4 is 10.9 Å². The Hall–Kier alpha value is -3.39. The van der Waals surface area contributed by atoms with Crippen LogP contribution in [0.3, 0.4) is 0 Å². The Labute approximate surface area is 182 Å². The van der Waals surface area contributed by atoms with Gasteiger partial charge in [0.2, 0.25) is 5.91 Å². The Bertz CT molecular complexity index is 1270. The second-order valence-electron chi connectivity index (χ2n) is 7.06. The molecule has 4 aromatic rings. The van der Waals surface area contributed by atoms with Crippen molar-refractivity contribution in [3.8, 4) is 0 Å². The molecule has 0 bridgehead atoms. The quantitative estimate of drug-likeness (QED) is 0.291. The van der Waals surface area contributed by atoms with Crippen molar-refractivity contribution < 1.29 is 9.18 Å². The fourth-order valence-corrected chi connectivity index (χ4v) is 4.19. The van der Waals surface area contributed by atoms with E-state index in [1.165, 1.54) is 23.9 Å². The molecule has 0 saturated heterocycles. The van der Waals surface area contributed by atoms with Crippen LogP contribution in [0.2, 0.25) is 0 Å². The van der Waals surface area contributed by atoms with Gasteiger partial charge in [0.25, 0.3) is 5.56 Å². The maximum atomic E-state index is 13.8. The molecule has 0 aliphatic rings. The third kappa shape index (κ3) is 5.40. The molecule has 0 fully saturated rings. The molecule has 31 heavy (non-hydrogen) atoms. The largest absolute Gasteiger partial charge is 0.361 e. The van der Waals surface area contributed by atoms with Gasteiger partial charge in [0.15, 0.2) is 5.16 Å². The van der Waals surface area contributed by atoms with E-state index in [0.717, 1.165) is 16.5 Å². The number of halogens is 1. The molecule has 1 amide bonds. The molecule has 6 nitrogen and oxygen atoms in total. The zero-order chi connectivity index (χ0) is 21.6. The summed E-state index contributed by atoms with van der Waals surface area (Å²) in [6, 6.07) is 15.8. The fraction of sp³-hybridized carbons (Fsp3) is 0.174. The Balaban J connectivity index is 1.32. The number of H-pyrrole nitrogens is 2. The lowest BCUT2D eigenvalue weighted by molar-refractivity contribution is -0.120. The van der Waals surface area contributed by atoms with Gasteiger partial charge in [0.1, 0.15) is 5.82 Å². The van der Waals surface area contributed by atoms with E-state index >= 15 is 0 Å². The first kappa shape index (κ1) is 20.9. The minimum Gasteiger partial charge on any atom is -0.361 e. The number of fused-ring (bicyclic) bond motifs is 1. The van der Waals surface area contributed by atoms with E-state index in [-0.39, 0.29) is 23.7 Å². The second kappa shape index (κ2) is 9.61. The molecule has 2 aromatic heterocycles. The van der Waals surface area contributed by atoms with E-state index in [1.807, 2.05) is 30.5 Å². The summed E-state index contributed by atoms with van der Waals surface area (Å²) in [5, 5.41) is 4.38. The summed E-state index contributed by atoms with van der Waals surface area (Å²) in [5.41, 5.74) is 2.77. The number of hydrogen-bond acceptors (Lipinski definition) is 4. The van der Waals surface area contributed by atoms with E-state index in [0.29, 0.717) is 35.1 Å². The number of thioether (sulfide) groups is 1. The highest BCUT2D eigenvalue weighted by Crippen LogP contribution is 2.20. The minimum absolute atomic E-state index is 0.00502. The number of para-hydroxylation sites is 1. The van der Waals surface area contributed by atoms with Gasteiger partial charge in [-0.25, -0.2) is 9.37 Å². The van der Waals surface area contributed by atoms with Gasteiger partial charge in [-0.15, -0.1) is 0 Å². The lowest BCUT2D eigenvalue weighted by atomic mass is 10.1. The molecule has 0 atom stereocenters. The number of nitrogens with one attached hydrogen (secondary N) is 3. The third-order valence-electron chi connectivity index (χ3n) is 4.83. The van der Waals surface area contributed by atoms with E-state index < -0.39 is 0 Å². The molecule has 0 aliphatic carbocycles. The van der Waals surface area contributed by atoms with Gasteiger partial charge in [-0.2, -0.15) is 0 Å². The van der Waals surface area contributed by atoms with Crippen LogP contribution in [0.15, 0.2) is 70.7 Å². The normalized spacial score (nSPS) is 11.0. The summed E-state index contributed by atoms with van der Waals surface area (Å²) in [6.45, 7) is 0.485. The number of hydrogen-bond donors (Lipinski definition) is 3. The van der Waals surface area contributed by atoms with Crippen LogP contribution in [0.25, 0.3) is 10.9 Å². The molecule has 2 aromatic carbocycles. The van der Waals surface area contributed by atoms with Crippen LogP contribution in [0.5, 0.6) is 0 Å². The number of carbonyl (C=O) groups excluding carboxylic acids is 1. The number of nitrogens with zero attached hydrogens (tertiary/aromatic N) is 1. The molecule has 158 valence electrons. The van der Waals surface area contributed by atoms with Crippen molar-refractivity contribution in [3.63, 3.8) is 0 Å². The number of carbonyl (C=O) groups is 1. The van der Waals surface area contributed by atoms with Gasteiger partial charge in [-0.05, 0) is 29.7 Å². The zero-order valence-electron chi connectivity index (χ0n) is 16.7. The van der Waals surface area contributed by atoms with Crippen LogP contribution >= 0.6 is 11.8 Å². The third-order valence-corrected chi connectivity index (χ3v) is 5.75. The van der Waals surface area contributed by atoms with Crippen LogP contribution in [-0.2, 0) is 23.4 Å². The van der Waals surface area contributed by atoms with E-state index in [4.69, 9.17) is 0 Å². The predicted molar refractivity (Wildman–Crippen MR) is 120 cm³/mol. The number of aromatic amines is 2. The number of benzene rings is 2. The van der Waals surface area contributed by atoms with E-state index in [2.05, 4.69) is 20.3 Å². The Morgan fingerprint density at radius 2 is 1.90 bits per heavy atom. The van der Waals surface area contributed by atoms with Gasteiger partial charge >= 0.3 is 0 Å². The lowest BCUT2D eigenvalue weighted by Crippen LogP contribution is -2.28. The van der Waals surface area contributed by atoms with Crippen molar-refractivity contribution in [1.82, 2.24) is 20.3 Å². The van der Waals surface area contributed by atoms with Crippen molar-refractivity contribution in [2.75, 3.05) is 6.54 Å². The van der Waals surface area contributed by atoms with Crippen LogP contribution in [0.4, 0.5) is 4.39 Å². The highest BCUT2D eigenvalue weighted by molar-refractivity contribution is 7.98. The molecular weight excluding hydrogens is 415 g/mol. The van der Waals surface area contributed by atoms with Crippen molar-refractivity contribution in [3.05, 3.63) is 93.8 Å². The summed E-state index contributed by atoms with van der Waals surface area (Å²) in [7, 11) is 0. The standard InChI is InChI=1S/C23H21FN4O2S/c24-19-7-3-1-5-16(19)14-31-23-27-17(12-22(30)28-23)11-21(29)25-10-9-15-13-26-20-8-4-2-6-18(15)20/h1-8,12-13,26H,9-11,14H2,(H,25,29)(H,27,28,30). The Morgan fingerprint density at radius 1 is 1.10 bits per heavy atom. The number of rotatable bonds is 8. The topological polar surface area (TPSA) is 90.6 Å². The monoisotopic (exact) mass is 436 g/mol. The molecule has 3 N–H and O–H groups in total. The zero-order valence-corrected chi connectivity index (χ0v) is 17.5. The van der Waals surface area contributed by atoms with Crippen molar-refractivity contribution >= 4 is 28.6 Å². The summed E-state index contributed by atoms with van der Waals surface area (Å²) in [5.74, 6) is -0.179. The average molecular weight is 437 g/mol. The molecule has 0 radical (unpaired) electrons. The van der Waals surface area contributed by atoms with Crippen molar-refractivity contribution in [2.45, 2.75) is 23.8 Å². The number of aromatic nitrogens is 3. The molecule has 8 heteroatoms. The maximum Gasteiger partial charge on any atom is 0.251 e. The molecule has 4 rings (SSSR count).